The molecule has 3 N–H and O–H groups in total. The van der Waals surface area contributed by atoms with Crippen LogP contribution in [0.1, 0.15) is 11.1 Å². The van der Waals surface area contributed by atoms with Gasteiger partial charge in [0.25, 0.3) is 0 Å². The molecule has 1 heterocycles. The van der Waals surface area contributed by atoms with E-state index in [0.29, 0.717) is 22.6 Å². The Labute approximate surface area is 115 Å². The monoisotopic (exact) mass is 275 g/mol. The van der Waals surface area contributed by atoms with Crippen molar-refractivity contribution in [2.75, 3.05) is 18.2 Å². The number of aromatic nitrogens is 2. The minimum atomic E-state index is -0.302. The quantitative estimate of drug-likeness (QED) is 0.660. The lowest BCUT2D eigenvalue weighted by molar-refractivity contribution is 0.215. The van der Waals surface area contributed by atoms with E-state index in [0.717, 1.165) is 0 Å². The van der Waals surface area contributed by atoms with E-state index in [1.165, 1.54) is 25.7 Å². The van der Waals surface area contributed by atoms with Crippen molar-refractivity contribution in [2.45, 2.75) is 6.92 Å². The molecule has 0 unspecified atom stereocenters. The summed E-state index contributed by atoms with van der Waals surface area (Å²) in [6.45, 7) is 1.69. The van der Waals surface area contributed by atoms with Crippen LogP contribution in [-0.4, -0.2) is 23.3 Å². The number of nitrogens with two attached hydrogens (primary N) is 1. The number of benzene rings is 1. The normalized spacial score (nSPS) is 10.8. The van der Waals surface area contributed by atoms with Crippen molar-refractivity contribution in [2.24, 2.45) is 5.16 Å². The van der Waals surface area contributed by atoms with E-state index in [2.05, 4.69) is 25.3 Å². The highest BCUT2D eigenvalue weighted by atomic mass is 19.1. The minimum Gasteiger partial charge on any atom is -0.399 e. The number of oxime groups is 1. The third kappa shape index (κ3) is 3.00. The van der Waals surface area contributed by atoms with Gasteiger partial charge in [-0.3, -0.25) is 0 Å². The molecule has 0 aliphatic rings. The van der Waals surface area contributed by atoms with Crippen LogP contribution < -0.4 is 11.1 Å². The zero-order valence-electron chi connectivity index (χ0n) is 11.1. The SMILES string of the molecule is CO/N=C/c1c(N)ncnc1Nc1ccc(C)c(F)c1. The van der Waals surface area contributed by atoms with Gasteiger partial charge in [0.1, 0.15) is 30.9 Å². The van der Waals surface area contributed by atoms with Gasteiger partial charge in [-0.05, 0) is 24.6 Å². The number of halogens is 1. The van der Waals surface area contributed by atoms with Gasteiger partial charge in [0.2, 0.25) is 0 Å². The molecule has 104 valence electrons. The van der Waals surface area contributed by atoms with Crippen molar-refractivity contribution < 1.29 is 9.23 Å². The Kier molecular flexibility index (Phi) is 4.09. The Morgan fingerprint density at radius 2 is 2.20 bits per heavy atom. The van der Waals surface area contributed by atoms with Crippen LogP contribution in [0.3, 0.4) is 0 Å². The Bertz CT molecular complexity index is 645. The van der Waals surface area contributed by atoms with Crippen LogP contribution in [0.5, 0.6) is 0 Å². The Morgan fingerprint density at radius 3 is 2.90 bits per heavy atom. The number of rotatable bonds is 4. The van der Waals surface area contributed by atoms with Gasteiger partial charge in [-0.25, -0.2) is 14.4 Å². The fraction of sp³-hybridized carbons (Fsp3) is 0.154. The smallest absolute Gasteiger partial charge is 0.144 e. The zero-order chi connectivity index (χ0) is 14.5. The van der Waals surface area contributed by atoms with Crippen molar-refractivity contribution in [3.63, 3.8) is 0 Å². The summed E-state index contributed by atoms with van der Waals surface area (Å²) in [5, 5.41) is 6.61. The highest BCUT2D eigenvalue weighted by molar-refractivity contribution is 5.92. The lowest BCUT2D eigenvalue weighted by atomic mass is 10.2. The second kappa shape index (κ2) is 5.96. The van der Waals surface area contributed by atoms with Crippen LogP contribution in [0.2, 0.25) is 0 Å². The van der Waals surface area contributed by atoms with Gasteiger partial charge in [0.15, 0.2) is 0 Å². The molecule has 0 radical (unpaired) electrons. The Balaban J connectivity index is 2.35. The van der Waals surface area contributed by atoms with Crippen molar-refractivity contribution in [1.82, 2.24) is 9.97 Å². The first-order valence-corrected chi connectivity index (χ1v) is 5.82. The highest BCUT2D eigenvalue weighted by Gasteiger charge is 2.08. The number of hydrogen-bond acceptors (Lipinski definition) is 6. The van der Waals surface area contributed by atoms with Gasteiger partial charge in [-0.1, -0.05) is 11.2 Å². The van der Waals surface area contributed by atoms with Crippen molar-refractivity contribution >= 4 is 23.5 Å². The average Bonchev–Trinajstić information content (AvgIpc) is 2.42. The lowest BCUT2D eigenvalue weighted by Crippen LogP contribution is -2.05. The topological polar surface area (TPSA) is 85.4 Å². The predicted molar refractivity (Wildman–Crippen MR) is 75.5 cm³/mol. The van der Waals surface area contributed by atoms with E-state index in [-0.39, 0.29) is 11.6 Å². The van der Waals surface area contributed by atoms with Gasteiger partial charge >= 0.3 is 0 Å². The fourth-order valence-corrected chi connectivity index (χ4v) is 1.55. The van der Waals surface area contributed by atoms with Crippen molar-refractivity contribution in [3.05, 3.63) is 41.5 Å². The summed E-state index contributed by atoms with van der Waals surface area (Å²) in [7, 11) is 1.42. The molecule has 20 heavy (non-hydrogen) atoms. The number of hydrogen-bond donors (Lipinski definition) is 2. The molecule has 2 aromatic rings. The van der Waals surface area contributed by atoms with Crippen molar-refractivity contribution in [3.8, 4) is 0 Å². The summed E-state index contributed by atoms with van der Waals surface area (Å²) in [6.07, 6.45) is 2.70. The van der Waals surface area contributed by atoms with Crippen molar-refractivity contribution in [1.29, 1.82) is 0 Å². The maximum atomic E-state index is 13.5. The molecule has 0 bridgehead atoms. The van der Waals surface area contributed by atoms with Gasteiger partial charge in [0, 0.05) is 5.69 Å². The number of nitrogen functional groups attached to an aromatic ring is 1. The first-order valence-electron chi connectivity index (χ1n) is 5.82. The van der Waals surface area contributed by atoms with Gasteiger partial charge < -0.3 is 15.9 Å². The van der Waals surface area contributed by atoms with Gasteiger partial charge in [-0.15, -0.1) is 0 Å². The summed E-state index contributed by atoms with van der Waals surface area (Å²) in [6, 6.07) is 4.80. The molecular formula is C13H14FN5O. The predicted octanol–water partition coefficient (Wildman–Crippen LogP) is 2.23. The maximum Gasteiger partial charge on any atom is 0.144 e. The van der Waals surface area contributed by atoms with Crippen LogP contribution in [0.4, 0.5) is 21.7 Å². The van der Waals surface area contributed by atoms with Crippen LogP contribution in [0.15, 0.2) is 29.7 Å². The van der Waals surface area contributed by atoms with Crippen LogP contribution >= 0.6 is 0 Å². The molecule has 6 nitrogen and oxygen atoms in total. The molecule has 7 heteroatoms. The van der Waals surface area contributed by atoms with E-state index < -0.39 is 0 Å². The summed E-state index contributed by atoms with van der Waals surface area (Å²) in [4.78, 5) is 12.6. The molecular weight excluding hydrogens is 261 g/mol. The first-order chi connectivity index (χ1) is 9.61. The van der Waals surface area contributed by atoms with E-state index in [1.54, 1.807) is 19.1 Å². The molecule has 0 aliphatic heterocycles. The number of anilines is 3. The third-order valence-electron chi connectivity index (χ3n) is 2.64. The Morgan fingerprint density at radius 1 is 1.40 bits per heavy atom. The van der Waals surface area contributed by atoms with Gasteiger partial charge in [-0.2, -0.15) is 0 Å². The molecule has 0 atom stereocenters. The number of nitrogens with zero attached hydrogens (tertiary/aromatic N) is 3. The molecule has 0 fully saturated rings. The molecule has 1 aromatic carbocycles. The summed E-state index contributed by atoms with van der Waals surface area (Å²) < 4.78 is 13.5. The van der Waals surface area contributed by atoms with Crippen LogP contribution in [0, 0.1) is 12.7 Å². The summed E-state index contributed by atoms with van der Waals surface area (Å²) in [5.41, 5.74) is 7.35. The van der Waals surface area contributed by atoms with Crippen LogP contribution in [-0.2, 0) is 4.84 Å². The third-order valence-corrected chi connectivity index (χ3v) is 2.64. The minimum absolute atomic E-state index is 0.246. The number of aryl methyl sites for hydroxylation is 1. The van der Waals surface area contributed by atoms with E-state index in [9.17, 15) is 4.39 Å². The van der Waals surface area contributed by atoms with E-state index in [4.69, 9.17) is 5.73 Å². The molecule has 0 saturated heterocycles. The van der Waals surface area contributed by atoms with Crippen LogP contribution in [0.25, 0.3) is 0 Å². The molecule has 1 aromatic heterocycles. The molecule has 0 amide bonds. The highest BCUT2D eigenvalue weighted by Crippen LogP contribution is 2.21. The van der Waals surface area contributed by atoms with E-state index >= 15 is 0 Å². The average molecular weight is 275 g/mol. The lowest BCUT2D eigenvalue weighted by Gasteiger charge is -2.10. The zero-order valence-corrected chi connectivity index (χ0v) is 11.1. The molecule has 2 rings (SSSR count). The second-order valence-corrected chi connectivity index (χ2v) is 4.03. The molecule has 0 spiro atoms. The standard InChI is InChI=1S/C13H14FN5O/c1-8-3-4-9(5-11(8)14)19-13-10(6-18-20-2)12(15)16-7-17-13/h3-7H,1-2H3,(H3,15,16,17,19)/b18-6+. The Hall–Kier alpha value is -2.70. The first kappa shape index (κ1) is 13.7. The molecule has 0 aliphatic carbocycles. The second-order valence-electron chi connectivity index (χ2n) is 4.03. The fourth-order valence-electron chi connectivity index (χ4n) is 1.55. The number of nitrogens with one attached hydrogen (secondary N) is 1. The molecule has 0 saturated carbocycles. The van der Waals surface area contributed by atoms with Gasteiger partial charge in [0.05, 0.1) is 11.8 Å². The largest absolute Gasteiger partial charge is 0.399 e. The summed E-state index contributed by atoms with van der Waals surface area (Å²) in [5.74, 6) is 0.363. The maximum absolute atomic E-state index is 13.5. The summed E-state index contributed by atoms with van der Waals surface area (Å²) >= 11 is 0. The van der Waals surface area contributed by atoms with E-state index in [1.807, 2.05) is 0 Å².